The molecule has 0 aliphatic heterocycles. The predicted octanol–water partition coefficient (Wildman–Crippen LogP) is 3.35. The minimum Gasteiger partial charge on any atom is -0.385 e. The molecule has 1 atom stereocenters. The van der Waals surface area contributed by atoms with Gasteiger partial charge in [-0.1, -0.05) is 36.6 Å². The van der Waals surface area contributed by atoms with E-state index in [0.717, 1.165) is 22.9 Å². The molecule has 1 aromatic rings. The van der Waals surface area contributed by atoms with Gasteiger partial charge in [0.15, 0.2) is 0 Å². The maximum Gasteiger partial charge on any atom is 0.0871 e. The van der Waals surface area contributed by atoms with Crippen LogP contribution in [-0.4, -0.2) is 5.11 Å². The first-order chi connectivity index (χ1) is 6.58. The number of hydrogen-bond donors (Lipinski definition) is 1. The maximum absolute atomic E-state index is 10.2. The lowest BCUT2D eigenvalue weighted by Gasteiger charge is -2.23. The second kappa shape index (κ2) is 3.56. The average Bonchev–Trinajstić information content (AvgIpc) is 2.88. The van der Waals surface area contributed by atoms with Gasteiger partial charge in [0, 0.05) is 5.02 Å². The van der Waals surface area contributed by atoms with Gasteiger partial charge in [-0.25, -0.2) is 0 Å². The van der Waals surface area contributed by atoms with Gasteiger partial charge in [-0.2, -0.15) is 0 Å². The van der Waals surface area contributed by atoms with Crippen molar-refractivity contribution in [1.29, 1.82) is 0 Å². The van der Waals surface area contributed by atoms with Gasteiger partial charge in [0.25, 0.3) is 0 Å². The molecule has 1 aliphatic carbocycles. The van der Waals surface area contributed by atoms with Crippen LogP contribution in [0.4, 0.5) is 0 Å². The van der Waals surface area contributed by atoms with E-state index in [-0.39, 0.29) is 0 Å². The van der Waals surface area contributed by atoms with Crippen molar-refractivity contribution < 1.29 is 5.11 Å². The van der Waals surface area contributed by atoms with Crippen LogP contribution < -0.4 is 0 Å². The minimum atomic E-state index is -0.689. The van der Waals surface area contributed by atoms with Gasteiger partial charge in [0.1, 0.15) is 0 Å². The predicted molar refractivity (Wildman–Crippen MR) is 58.4 cm³/mol. The summed E-state index contributed by atoms with van der Waals surface area (Å²) in [7, 11) is 0. The molecule has 0 aromatic heterocycles. The first-order valence-electron chi connectivity index (χ1n) is 5.06. The SMILES string of the molecule is CC(O)(CC1CC1)c1ccc(Cl)cc1. The Hall–Kier alpha value is -0.530. The molecule has 0 spiro atoms. The van der Waals surface area contributed by atoms with Gasteiger partial charge in [-0.15, -0.1) is 0 Å². The molecule has 2 heteroatoms. The van der Waals surface area contributed by atoms with Gasteiger partial charge in [-0.3, -0.25) is 0 Å². The summed E-state index contributed by atoms with van der Waals surface area (Å²) >= 11 is 5.80. The normalized spacial score (nSPS) is 20.5. The second-order valence-electron chi connectivity index (χ2n) is 4.43. The first-order valence-corrected chi connectivity index (χ1v) is 5.44. The van der Waals surface area contributed by atoms with E-state index in [1.165, 1.54) is 12.8 Å². The molecule has 76 valence electrons. The Morgan fingerprint density at radius 1 is 1.36 bits per heavy atom. The lowest BCUT2D eigenvalue weighted by Crippen LogP contribution is -2.21. The van der Waals surface area contributed by atoms with Gasteiger partial charge < -0.3 is 5.11 Å². The maximum atomic E-state index is 10.2. The summed E-state index contributed by atoms with van der Waals surface area (Å²) < 4.78 is 0. The van der Waals surface area contributed by atoms with Crippen molar-refractivity contribution in [3.8, 4) is 0 Å². The molecule has 1 N–H and O–H groups in total. The quantitative estimate of drug-likeness (QED) is 0.812. The van der Waals surface area contributed by atoms with Crippen LogP contribution in [0.15, 0.2) is 24.3 Å². The number of halogens is 1. The summed E-state index contributed by atoms with van der Waals surface area (Å²) in [6, 6.07) is 7.48. The fourth-order valence-electron chi connectivity index (χ4n) is 1.81. The highest BCUT2D eigenvalue weighted by molar-refractivity contribution is 6.30. The summed E-state index contributed by atoms with van der Waals surface area (Å²) in [5, 5.41) is 11.0. The van der Waals surface area contributed by atoms with Crippen molar-refractivity contribution in [2.24, 2.45) is 5.92 Å². The van der Waals surface area contributed by atoms with E-state index in [2.05, 4.69) is 0 Å². The summed E-state index contributed by atoms with van der Waals surface area (Å²) in [5.41, 5.74) is 0.278. The molecule has 1 aliphatic rings. The lowest BCUT2D eigenvalue weighted by molar-refractivity contribution is 0.0417. The highest BCUT2D eigenvalue weighted by atomic mass is 35.5. The van der Waals surface area contributed by atoms with Crippen LogP contribution in [0, 0.1) is 5.92 Å². The standard InChI is InChI=1S/C12H15ClO/c1-12(14,8-9-2-3-9)10-4-6-11(13)7-5-10/h4-7,9,14H,2-3,8H2,1H3. The van der Waals surface area contributed by atoms with Crippen molar-refractivity contribution in [3.63, 3.8) is 0 Å². The Morgan fingerprint density at radius 3 is 2.43 bits per heavy atom. The van der Waals surface area contributed by atoms with Crippen molar-refractivity contribution in [2.45, 2.75) is 31.8 Å². The van der Waals surface area contributed by atoms with Gasteiger partial charge in [0.05, 0.1) is 5.60 Å². The average molecular weight is 211 g/mol. The molecule has 1 aromatic carbocycles. The highest BCUT2D eigenvalue weighted by Crippen LogP contribution is 2.40. The van der Waals surface area contributed by atoms with Crippen LogP contribution in [-0.2, 0) is 5.60 Å². The van der Waals surface area contributed by atoms with Crippen LogP contribution in [0.3, 0.4) is 0 Å². The van der Waals surface area contributed by atoms with Crippen LogP contribution in [0.25, 0.3) is 0 Å². The molecule has 0 bridgehead atoms. The van der Waals surface area contributed by atoms with E-state index in [0.29, 0.717) is 0 Å². The second-order valence-corrected chi connectivity index (χ2v) is 4.86. The molecule has 1 nitrogen and oxygen atoms in total. The van der Waals surface area contributed by atoms with Crippen molar-refractivity contribution in [1.82, 2.24) is 0 Å². The number of hydrogen-bond acceptors (Lipinski definition) is 1. The van der Waals surface area contributed by atoms with Gasteiger partial charge in [-0.05, 0) is 37.0 Å². The zero-order chi connectivity index (χ0) is 10.2. The van der Waals surface area contributed by atoms with E-state index in [9.17, 15) is 5.11 Å². The van der Waals surface area contributed by atoms with E-state index in [1.807, 2.05) is 31.2 Å². The Kier molecular flexibility index (Phi) is 2.54. The van der Waals surface area contributed by atoms with Crippen LogP contribution in [0.2, 0.25) is 5.02 Å². The van der Waals surface area contributed by atoms with Crippen LogP contribution in [0.5, 0.6) is 0 Å². The molecule has 0 heterocycles. The minimum absolute atomic E-state index is 0.689. The molecule has 14 heavy (non-hydrogen) atoms. The molecule has 0 amide bonds. The van der Waals surface area contributed by atoms with E-state index in [4.69, 9.17) is 11.6 Å². The van der Waals surface area contributed by atoms with E-state index < -0.39 is 5.60 Å². The smallest absolute Gasteiger partial charge is 0.0871 e. The zero-order valence-electron chi connectivity index (χ0n) is 8.33. The van der Waals surface area contributed by atoms with Crippen molar-refractivity contribution >= 4 is 11.6 Å². The topological polar surface area (TPSA) is 20.2 Å². The Bertz CT molecular complexity index is 312. The molecule has 1 fully saturated rings. The van der Waals surface area contributed by atoms with Gasteiger partial charge in [0.2, 0.25) is 0 Å². The summed E-state index contributed by atoms with van der Waals surface area (Å²) in [4.78, 5) is 0. The number of aliphatic hydroxyl groups is 1. The fourth-order valence-corrected chi connectivity index (χ4v) is 1.94. The third-order valence-corrected chi connectivity index (χ3v) is 3.10. The molecule has 1 saturated carbocycles. The highest BCUT2D eigenvalue weighted by Gasteiger charge is 2.32. The molecule has 2 rings (SSSR count). The van der Waals surface area contributed by atoms with Crippen molar-refractivity contribution in [3.05, 3.63) is 34.9 Å². The Balaban J connectivity index is 2.14. The largest absolute Gasteiger partial charge is 0.385 e. The molecular formula is C12H15ClO. The van der Waals surface area contributed by atoms with Crippen LogP contribution >= 0.6 is 11.6 Å². The van der Waals surface area contributed by atoms with E-state index in [1.54, 1.807) is 0 Å². The third kappa shape index (κ3) is 2.28. The lowest BCUT2D eigenvalue weighted by atomic mass is 9.90. The monoisotopic (exact) mass is 210 g/mol. The Labute approximate surface area is 89.7 Å². The third-order valence-electron chi connectivity index (χ3n) is 2.85. The van der Waals surface area contributed by atoms with Crippen LogP contribution in [0.1, 0.15) is 31.7 Å². The summed E-state index contributed by atoms with van der Waals surface area (Å²) in [6.45, 7) is 1.88. The zero-order valence-corrected chi connectivity index (χ0v) is 9.09. The Morgan fingerprint density at radius 2 is 1.93 bits per heavy atom. The molecule has 0 radical (unpaired) electrons. The first kappa shape index (κ1) is 10.0. The molecule has 0 saturated heterocycles. The summed E-state index contributed by atoms with van der Waals surface area (Å²) in [6.07, 6.45) is 3.40. The van der Waals surface area contributed by atoms with Crippen molar-refractivity contribution in [2.75, 3.05) is 0 Å². The molecular weight excluding hydrogens is 196 g/mol. The molecule has 1 unspecified atom stereocenters. The number of rotatable bonds is 3. The summed E-state index contributed by atoms with van der Waals surface area (Å²) in [5.74, 6) is 0.723. The fraction of sp³-hybridized carbons (Fsp3) is 0.500. The number of benzene rings is 1. The van der Waals surface area contributed by atoms with E-state index >= 15 is 0 Å². The van der Waals surface area contributed by atoms with Gasteiger partial charge >= 0.3 is 0 Å².